The van der Waals surface area contributed by atoms with Crippen LogP contribution >= 0.6 is 11.6 Å². The molecule has 0 radical (unpaired) electrons. The first kappa shape index (κ1) is 14.6. The van der Waals surface area contributed by atoms with E-state index >= 15 is 0 Å². The standard InChI is InChI=1S/C14H21ClN2O2/c1-2-19-14(6-4-3-5-7-14)12(18)11-8-10(15)9-17-13(11)16/h8-9,12,18H,2-7H2,1H3,(H2,16,17). The highest BCUT2D eigenvalue weighted by molar-refractivity contribution is 6.30. The predicted molar refractivity (Wildman–Crippen MR) is 76.1 cm³/mol. The van der Waals surface area contributed by atoms with Crippen LogP contribution < -0.4 is 5.73 Å². The van der Waals surface area contributed by atoms with Crippen LogP contribution in [0.1, 0.15) is 50.7 Å². The number of nitrogens with zero attached hydrogens (tertiary/aromatic N) is 1. The number of anilines is 1. The molecule has 1 unspecified atom stereocenters. The highest BCUT2D eigenvalue weighted by atomic mass is 35.5. The third-order valence-corrected chi connectivity index (χ3v) is 4.05. The second-order valence-electron chi connectivity index (χ2n) is 5.09. The van der Waals surface area contributed by atoms with Gasteiger partial charge in [-0.3, -0.25) is 0 Å². The van der Waals surface area contributed by atoms with Gasteiger partial charge in [0.15, 0.2) is 0 Å². The lowest BCUT2D eigenvalue weighted by atomic mass is 9.78. The quantitative estimate of drug-likeness (QED) is 0.891. The summed E-state index contributed by atoms with van der Waals surface area (Å²) < 4.78 is 5.91. The molecule has 0 aliphatic heterocycles. The third-order valence-electron chi connectivity index (χ3n) is 3.84. The summed E-state index contributed by atoms with van der Waals surface area (Å²) in [6.45, 7) is 2.52. The first-order valence-corrected chi connectivity index (χ1v) is 7.20. The average Bonchev–Trinajstić information content (AvgIpc) is 2.42. The predicted octanol–water partition coefficient (Wildman–Crippen LogP) is 3.09. The number of halogens is 1. The van der Waals surface area contributed by atoms with E-state index in [1.54, 1.807) is 6.07 Å². The van der Waals surface area contributed by atoms with E-state index in [0.717, 1.165) is 25.7 Å². The summed E-state index contributed by atoms with van der Waals surface area (Å²) in [7, 11) is 0. The maximum atomic E-state index is 10.7. The maximum Gasteiger partial charge on any atom is 0.129 e. The molecule has 1 saturated carbocycles. The minimum Gasteiger partial charge on any atom is -0.385 e. The normalized spacial score (nSPS) is 20.2. The van der Waals surface area contributed by atoms with Crippen molar-refractivity contribution in [2.45, 2.75) is 50.7 Å². The highest BCUT2D eigenvalue weighted by Gasteiger charge is 2.41. The fraction of sp³-hybridized carbons (Fsp3) is 0.643. The molecule has 106 valence electrons. The Morgan fingerprint density at radius 2 is 2.16 bits per heavy atom. The van der Waals surface area contributed by atoms with Gasteiger partial charge < -0.3 is 15.6 Å². The fourth-order valence-corrected chi connectivity index (χ4v) is 3.07. The Morgan fingerprint density at radius 3 is 2.79 bits per heavy atom. The number of nitrogens with two attached hydrogens (primary N) is 1. The molecule has 1 aromatic rings. The smallest absolute Gasteiger partial charge is 0.129 e. The topological polar surface area (TPSA) is 68.4 Å². The number of aliphatic hydroxyl groups is 1. The van der Waals surface area contributed by atoms with Gasteiger partial charge in [-0.25, -0.2) is 4.98 Å². The summed E-state index contributed by atoms with van der Waals surface area (Å²) in [4.78, 5) is 4.02. The first-order valence-electron chi connectivity index (χ1n) is 6.82. The molecule has 19 heavy (non-hydrogen) atoms. The monoisotopic (exact) mass is 284 g/mol. The van der Waals surface area contributed by atoms with Gasteiger partial charge >= 0.3 is 0 Å². The van der Waals surface area contributed by atoms with Gasteiger partial charge in [0.25, 0.3) is 0 Å². The molecule has 1 heterocycles. The molecular formula is C14H21ClN2O2. The summed E-state index contributed by atoms with van der Waals surface area (Å²) in [6, 6.07) is 1.68. The highest BCUT2D eigenvalue weighted by Crippen LogP contribution is 2.42. The summed E-state index contributed by atoms with van der Waals surface area (Å²) in [5.74, 6) is 0.321. The number of pyridine rings is 1. The Balaban J connectivity index is 2.32. The fourth-order valence-electron chi connectivity index (χ4n) is 2.90. The molecule has 0 amide bonds. The second-order valence-corrected chi connectivity index (χ2v) is 5.53. The zero-order chi connectivity index (χ0) is 13.9. The third kappa shape index (κ3) is 3.02. The number of hydrogen-bond acceptors (Lipinski definition) is 4. The molecule has 1 fully saturated rings. The van der Waals surface area contributed by atoms with Crippen LogP contribution in [-0.4, -0.2) is 22.3 Å². The van der Waals surface area contributed by atoms with Gasteiger partial charge in [-0.15, -0.1) is 0 Å². The zero-order valence-electron chi connectivity index (χ0n) is 11.2. The van der Waals surface area contributed by atoms with E-state index in [1.807, 2.05) is 6.92 Å². The number of ether oxygens (including phenoxy) is 1. The van der Waals surface area contributed by atoms with E-state index < -0.39 is 11.7 Å². The molecule has 0 spiro atoms. The zero-order valence-corrected chi connectivity index (χ0v) is 12.0. The van der Waals surface area contributed by atoms with Crippen molar-refractivity contribution in [3.8, 4) is 0 Å². The van der Waals surface area contributed by atoms with Crippen molar-refractivity contribution in [2.24, 2.45) is 0 Å². The lowest BCUT2D eigenvalue weighted by Gasteiger charge is -2.41. The second kappa shape index (κ2) is 6.07. The van der Waals surface area contributed by atoms with E-state index in [-0.39, 0.29) is 0 Å². The molecule has 1 aliphatic carbocycles. The molecular weight excluding hydrogens is 264 g/mol. The van der Waals surface area contributed by atoms with Crippen LogP contribution in [0.5, 0.6) is 0 Å². The molecule has 5 heteroatoms. The molecule has 1 aliphatic rings. The van der Waals surface area contributed by atoms with Crippen molar-refractivity contribution in [3.05, 3.63) is 22.8 Å². The van der Waals surface area contributed by atoms with Crippen molar-refractivity contribution >= 4 is 17.4 Å². The van der Waals surface area contributed by atoms with Crippen LogP contribution in [-0.2, 0) is 4.74 Å². The average molecular weight is 285 g/mol. The molecule has 0 aromatic carbocycles. The van der Waals surface area contributed by atoms with Gasteiger partial charge in [-0.1, -0.05) is 30.9 Å². The van der Waals surface area contributed by atoms with Crippen molar-refractivity contribution in [1.82, 2.24) is 4.98 Å². The van der Waals surface area contributed by atoms with Gasteiger partial charge in [0, 0.05) is 18.4 Å². The van der Waals surface area contributed by atoms with Gasteiger partial charge in [0.2, 0.25) is 0 Å². The molecule has 0 bridgehead atoms. The SMILES string of the molecule is CCOC1(C(O)c2cc(Cl)cnc2N)CCCCC1. The van der Waals surface area contributed by atoms with E-state index in [0.29, 0.717) is 23.0 Å². The van der Waals surface area contributed by atoms with Crippen LogP contribution in [0.15, 0.2) is 12.3 Å². The Kier molecular flexibility index (Phi) is 4.66. The Labute approximate surface area is 118 Å². The summed E-state index contributed by atoms with van der Waals surface area (Å²) in [6.07, 6.45) is 5.70. The van der Waals surface area contributed by atoms with E-state index in [9.17, 15) is 5.11 Å². The molecule has 0 saturated heterocycles. The van der Waals surface area contributed by atoms with Crippen LogP contribution in [0.25, 0.3) is 0 Å². The molecule has 1 aromatic heterocycles. The van der Waals surface area contributed by atoms with Crippen LogP contribution in [0.3, 0.4) is 0 Å². The first-order chi connectivity index (χ1) is 9.09. The molecule has 4 nitrogen and oxygen atoms in total. The van der Waals surface area contributed by atoms with Gasteiger partial charge in [-0.05, 0) is 25.8 Å². The Bertz CT molecular complexity index is 428. The molecule has 1 atom stereocenters. The summed E-state index contributed by atoms with van der Waals surface area (Å²) in [5, 5.41) is 11.2. The summed E-state index contributed by atoms with van der Waals surface area (Å²) >= 11 is 5.95. The van der Waals surface area contributed by atoms with E-state index in [2.05, 4.69) is 4.98 Å². The molecule has 2 rings (SSSR count). The van der Waals surface area contributed by atoms with Gasteiger partial charge in [0.05, 0.1) is 10.6 Å². The number of rotatable bonds is 4. The molecule has 3 N–H and O–H groups in total. The van der Waals surface area contributed by atoms with Crippen LogP contribution in [0.4, 0.5) is 5.82 Å². The van der Waals surface area contributed by atoms with Crippen LogP contribution in [0.2, 0.25) is 5.02 Å². The lowest BCUT2D eigenvalue weighted by molar-refractivity contribution is -0.141. The van der Waals surface area contributed by atoms with Crippen LogP contribution in [0, 0.1) is 0 Å². The minimum atomic E-state index is -0.779. The van der Waals surface area contributed by atoms with Crippen molar-refractivity contribution in [2.75, 3.05) is 12.3 Å². The Hall–Kier alpha value is -0.840. The summed E-state index contributed by atoms with van der Waals surface area (Å²) in [5.41, 5.74) is 5.89. The maximum absolute atomic E-state index is 10.7. The van der Waals surface area contributed by atoms with Gasteiger partial charge in [-0.2, -0.15) is 0 Å². The largest absolute Gasteiger partial charge is 0.385 e. The lowest BCUT2D eigenvalue weighted by Crippen LogP contribution is -2.41. The van der Waals surface area contributed by atoms with E-state index in [4.69, 9.17) is 22.1 Å². The van der Waals surface area contributed by atoms with Crippen molar-refractivity contribution in [1.29, 1.82) is 0 Å². The van der Waals surface area contributed by atoms with E-state index in [1.165, 1.54) is 12.6 Å². The van der Waals surface area contributed by atoms with Crippen molar-refractivity contribution in [3.63, 3.8) is 0 Å². The number of aromatic nitrogens is 1. The van der Waals surface area contributed by atoms with Crippen molar-refractivity contribution < 1.29 is 9.84 Å². The number of aliphatic hydroxyl groups excluding tert-OH is 1. The Morgan fingerprint density at radius 1 is 1.47 bits per heavy atom. The number of hydrogen-bond donors (Lipinski definition) is 2. The number of nitrogen functional groups attached to an aromatic ring is 1. The van der Waals surface area contributed by atoms with Gasteiger partial charge in [0.1, 0.15) is 11.9 Å². The minimum absolute atomic E-state index is 0.321.